The molecule has 0 aromatic carbocycles. The standard InChI is InChI=1S/C12H18BrNO2/c1-12(2,6-4-7-13)9-14-11(15)10-5-3-8-16-10/h3,5,8H,4,6-7,9H2,1-2H3,(H,14,15). The third kappa shape index (κ3) is 4.39. The maximum absolute atomic E-state index is 11.6. The Morgan fingerprint density at radius 1 is 1.56 bits per heavy atom. The average Bonchev–Trinajstić information content (AvgIpc) is 2.77. The second-order valence-electron chi connectivity index (χ2n) is 4.62. The van der Waals surface area contributed by atoms with Crippen molar-refractivity contribution in [3.05, 3.63) is 24.2 Å². The first-order valence-corrected chi connectivity index (χ1v) is 6.55. The van der Waals surface area contributed by atoms with Gasteiger partial charge in [0.2, 0.25) is 0 Å². The van der Waals surface area contributed by atoms with Gasteiger partial charge in [-0.3, -0.25) is 4.79 Å². The molecular formula is C12H18BrNO2. The predicted molar refractivity (Wildman–Crippen MR) is 67.9 cm³/mol. The van der Waals surface area contributed by atoms with Crippen LogP contribution in [0.1, 0.15) is 37.2 Å². The zero-order chi connectivity index (χ0) is 12.0. The first-order valence-electron chi connectivity index (χ1n) is 5.43. The summed E-state index contributed by atoms with van der Waals surface area (Å²) in [6.45, 7) is 4.97. The van der Waals surface area contributed by atoms with Crippen molar-refractivity contribution in [1.29, 1.82) is 0 Å². The molecule has 1 aromatic rings. The molecule has 0 atom stereocenters. The van der Waals surface area contributed by atoms with Crippen LogP contribution in [0.5, 0.6) is 0 Å². The highest BCUT2D eigenvalue weighted by Crippen LogP contribution is 2.21. The summed E-state index contributed by atoms with van der Waals surface area (Å²) in [5.41, 5.74) is 0.121. The van der Waals surface area contributed by atoms with Crippen molar-refractivity contribution < 1.29 is 9.21 Å². The molecule has 0 spiro atoms. The van der Waals surface area contributed by atoms with E-state index in [1.165, 1.54) is 6.26 Å². The van der Waals surface area contributed by atoms with Gasteiger partial charge in [-0.2, -0.15) is 0 Å². The Balaban J connectivity index is 2.36. The quantitative estimate of drug-likeness (QED) is 0.817. The number of carbonyl (C=O) groups is 1. The Morgan fingerprint density at radius 3 is 2.88 bits per heavy atom. The largest absolute Gasteiger partial charge is 0.459 e. The van der Waals surface area contributed by atoms with E-state index in [1.54, 1.807) is 12.1 Å². The number of nitrogens with one attached hydrogen (secondary N) is 1. The van der Waals surface area contributed by atoms with Gasteiger partial charge >= 0.3 is 0 Å². The van der Waals surface area contributed by atoms with Crippen molar-refractivity contribution >= 4 is 21.8 Å². The van der Waals surface area contributed by atoms with E-state index in [-0.39, 0.29) is 11.3 Å². The van der Waals surface area contributed by atoms with Gasteiger partial charge in [-0.1, -0.05) is 29.8 Å². The summed E-state index contributed by atoms with van der Waals surface area (Å²) in [5.74, 6) is 0.230. The highest BCUT2D eigenvalue weighted by Gasteiger charge is 2.19. The lowest BCUT2D eigenvalue weighted by Crippen LogP contribution is -2.33. The number of carbonyl (C=O) groups excluding carboxylic acids is 1. The molecule has 0 fully saturated rings. The fourth-order valence-electron chi connectivity index (χ4n) is 1.45. The summed E-state index contributed by atoms with van der Waals surface area (Å²) >= 11 is 3.41. The van der Waals surface area contributed by atoms with Crippen LogP contribution in [0.4, 0.5) is 0 Å². The lowest BCUT2D eigenvalue weighted by Gasteiger charge is -2.24. The first-order chi connectivity index (χ1) is 7.55. The topological polar surface area (TPSA) is 42.2 Å². The van der Waals surface area contributed by atoms with E-state index in [0.29, 0.717) is 12.3 Å². The molecule has 1 aromatic heterocycles. The van der Waals surface area contributed by atoms with Crippen molar-refractivity contribution in [3.63, 3.8) is 0 Å². The van der Waals surface area contributed by atoms with Crippen molar-refractivity contribution in [2.45, 2.75) is 26.7 Å². The molecule has 0 bridgehead atoms. The third-order valence-electron chi connectivity index (χ3n) is 2.46. The lowest BCUT2D eigenvalue weighted by atomic mass is 9.88. The van der Waals surface area contributed by atoms with Crippen molar-refractivity contribution in [1.82, 2.24) is 5.32 Å². The highest BCUT2D eigenvalue weighted by molar-refractivity contribution is 9.09. The van der Waals surface area contributed by atoms with Crippen LogP contribution in [0.25, 0.3) is 0 Å². The minimum Gasteiger partial charge on any atom is -0.459 e. The molecule has 0 unspecified atom stereocenters. The molecule has 0 saturated carbocycles. The van der Waals surface area contributed by atoms with Gasteiger partial charge < -0.3 is 9.73 Å². The second kappa shape index (κ2) is 6.09. The van der Waals surface area contributed by atoms with Crippen LogP contribution in [-0.4, -0.2) is 17.8 Å². The molecule has 3 nitrogen and oxygen atoms in total. The monoisotopic (exact) mass is 287 g/mol. The summed E-state index contributed by atoms with van der Waals surface area (Å²) < 4.78 is 5.02. The van der Waals surface area contributed by atoms with Crippen LogP contribution in [-0.2, 0) is 0 Å². The number of amides is 1. The number of rotatable bonds is 6. The van der Waals surface area contributed by atoms with Gasteiger partial charge in [0.25, 0.3) is 5.91 Å². The molecule has 0 aliphatic rings. The molecule has 16 heavy (non-hydrogen) atoms. The molecule has 1 amide bonds. The summed E-state index contributed by atoms with van der Waals surface area (Å²) in [5, 5.41) is 3.89. The maximum atomic E-state index is 11.6. The number of halogens is 1. The molecule has 0 saturated heterocycles. The van der Waals surface area contributed by atoms with E-state index in [4.69, 9.17) is 4.42 Å². The van der Waals surface area contributed by atoms with Gasteiger partial charge in [0.1, 0.15) is 0 Å². The van der Waals surface area contributed by atoms with Gasteiger partial charge in [0.15, 0.2) is 5.76 Å². The van der Waals surface area contributed by atoms with Crippen LogP contribution in [0.3, 0.4) is 0 Å². The minimum absolute atomic E-state index is 0.121. The van der Waals surface area contributed by atoms with Crippen LogP contribution in [0.2, 0.25) is 0 Å². The smallest absolute Gasteiger partial charge is 0.286 e. The van der Waals surface area contributed by atoms with Crippen LogP contribution in [0.15, 0.2) is 22.8 Å². The number of hydrogen-bond donors (Lipinski definition) is 1. The van der Waals surface area contributed by atoms with E-state index < -0.39 is 0 Å². The van der Waals surface area contributed by atoms with Gasteiger partial charge in [0.05, 0.1) is 6.26 Å². The lowest BCUT2D eigenvalue weighted by molar-refractivity contribution is 0.0906. The number of hydrogen-bond acceptors (Lipinski definition) is 2. The molecule has 0 aliphatic carbocycles. The Labute approximate surface area is 105 Å². The average molecular weight is 288 g/mol. The Morgan fingerprint density at radius 2 is 2.31 bits per heavy atom. The third-order valence-corrected chi connectivity index (χ3v) is 3.02. The zero-order valence-corrected chi connectivity index (χ0v) is 11.3. The molecule has 1 rings (SSSR count). The van der Waals surface area contributed by atoms with E-state index >= 15 is 0 Å². The van der Waals surface area contributed by atoms with Gasteiger partial charge in [-0.25, -0.2) is 0 Å². The highest BCUT2D eigenvalue weighted by atomic mass is 79.9. The summed E-state index contributed by atoms with van der Waals surface area (Å²) in [6, 6.07) is 3.38. The zero-order valence-electron chi connectivity index (χ0n) is 9.75. The Kier molecular flexibility index (Phi) is 5.06. The van der Waals surface area contributed by atoms with Crippen molar-refractivity contribution in [3.8, 4) is 0 Å². The van der Waals surface area contributed by atoms with E-state index in [1.807, 2.05) is 0 Å². The fourth-order valence-corrected chi connectivity index (χ4v) is 1.73. The molecule has 0 radical (unpaired) electrons. The van der Waals surface area contributed by atoms with Crippen LogP contribution >= 0.6 is 15.9 Å². The van der Waals surface area contributed by atoms with Gasteiger partial charge in [-0.05, 0) is 30.4 Å². The van der Waals surface area contributed by atoms with Crippen LogP contribution in [0, 0.1) is 5.41 Å². The molecular weight excluding hydrogens is 270 g/mol. The SMILES string of the molecule is CC(C)(CCCBr)CNC(=O)c1ccco1. The number of alkyl halides is 1. The normalized spacial score (nSPS) is 11.4. The van der Waals surface area contributed by atoms with E-state index in [9.17, 15) is 4.79 Å². The van der Waals surface area contributed by atoms with E-state index in [0.717, 1.165) is 18.2 Å². The fraction of sp³-hybridized carbons (Fsp3) is 0.583. The van der Waals surface area contributed by atoms with Crippen molar-refractivity contribution in [2.75, 3.05) is 11.9 Å². The Hall–Kier alpha value is -0.770. The van der Waals surface area contributed by atoms with Crippen LogP contribution < -0.4 is 5.32 Å². The van der Waals surface area contributed by atoms with Crippen molar-refractivity contribution in [2.24, 2.45) is 5.41 Å². The summed E-state index contributed by atoms with van der Waals surface area (Å²) in [7, 11) is 0. The molecule has 4 heteroatoms. The molecule has 1 heterocycles. The maximum Gasteiger partial charge on any atom is 0.286 e. The van der Waals surface area contributed by atoms with Gasteiger partial charge in [0, 0.05) is 11.9 Å². The summed E-state index contributed by atoms with van der Waals surface area (Å²) in [4.78, 5) is 11.6. The first kappa shape index (κ1) is 13.3. The van der Waals surface area contributed by atoms with Gasteiger partial charge in [-0.15, -0.1) is 0 Å². The summed E-state index contributed by atoms with van der Waals surface area (Å²) in [6.07, 6.45) is 3.70. The van der Waals surface area contributed by atoms with E-state index in [2.05, 4.69) is 35.1 Å². The second-order valence-corrected chi connectivity index (χ2v) is 5.41. The molecule has 0 aliphatic heterocycles. The minimum atomic E-state index is -0.142. The molecule has 1 N–H and O–H groups in total. The predicted octanol–water partition coefficient (Wildman–Crippen LogP) is 3.21. The number of furan rings is 1. The molecule has 90 valence electrons. The Bertz CT molecular complexity index is 320.